The van der Waals surface area contributed by atoms with Crippen LogP contribution in [0, 0.1) is 17.2 Å². The first-order chi connectivity index (χ1) is 7.88. The molecule has 2 unspecified atom stereocenters. The fourth-order valence-corrected chi connectivity index (χ4v) is 3.65. The van der Waals surface area contributed by atoms with Crippen molar-refractivity contribution in [2.45, 2.75) is 44.4 Å². The van der Waals surface area contributed by atoms with Crippen molar-refractivity contribution >= 4 is 15.7 Å². The Bertz CT molecular complexity index is 422. The summed E-state index contributed by atoms with van der Waals surface area (Å²) < 4.78 is 23.4. The number of carbonyl (C=O) groups excluding carboxylic acids is 1. The van der Waals surface area contributed by atoms with E-state index in [9.17, 15) is 13.2 Å². The van der Waals surface area contributed by atoms with Gasteiger partial charge in [0.05, 0.1) is 11.8 Å². The van der Waals surface area contributed by atoms with Gasteiger partial charge in [-0.2, -0.15) is 5.26 Å². The van der Waals surface area contributed by atoms with Gasteiger partial charge in [0.15, 0.2) is 9.84 Å². The Balaban J connectivity index is 2.73. The number of nitrogens with one attached hydrogen (secondary N) is 1. The van der Waals surface area contributed by atoms with Gasteiger partial charge in [-0.25, -0.2) is 8.42 Å². The van der Waals surface area contributed by atoms with Gasteiger partial charge in [0.1, 0.15) is 11.3 Å². The lowest BCUT2D eigenvalue weighted by Gasteiger charge is -2.23. The van der Waals surface area contributed by atoms with Gasteiger partial charge in [-0.1, -0.05) is 20.3 Å². The maximum atomic E-state index is 11.8. The molecule has 1 amide bonds. The van der Waals surface area contributed by atoms with E-state index in [1.807, 2.05) is 19.9 Å². The van der Waals surface area contributed by atoms with Gasteiger partial charge in [0.2, 0.25) is 5.91 Å². The zero-order valence-electron chi connectivity index (χ0n) is 10.1. The average molecular weight is 258 g/mol. The van der Waals surface area contributed by atoms with Crippen LogP contribution in [0.2, 0.25) is 0 Å². The van der Waals surface area contributed by atoms with Gasteiger partial charge in [-0.05, 0) is 18.8 Å². The molecule has 0 spiro atoms. The van der Waals surface area contributed by atoms with Crippen LogP contribution in [0.15, 0.2) is 0 Å². The summed E-state index contributed by atoms with van der Waals surface area (Å²) >= 11 is 0. The van der Waals surface area contributed by atoms with Crippen LogP contribution in [0.5, 0.6) is 0 Å². The predicted molar refractivity (Wildman–Crippen MR) is 63.8 cm³/mol. The molecule has 1 aliphatic heterocycles. The summed E-state index contributed by atoms with van der Waals surface area (Å²) in [6.07, 6.45) is 1.73. The Morgan fingerprint density at radius 3 is 2.53 bits per heavy atom. The van der Waals surface area contributed by atoms with Crippen molar-refractivity contribution in [3.63, 3.8) is 0 Å². The van der Waals surface area contributed by atoms with E-state index in [0.717, 1.165) is 6.42 Å². The second kappa shape index (κ2) is 5.50. The third kappa shape index (κ3) is 3.43. The molecular weight excluding hydrogens is 240 g/mol. The first-order valence-corrected chi connectivity index (χ1v) is 7.51. The maximum absolute atomic E-state index is 11.8. The number of sulfone groups is 1. The molecule has 17 heavy (non-hydrogen) atoms. The molecule has 0 aromatic rings. The highest BCUT2D eigenvalue weighted by Crippen LogP contribution is 2.20. The Morgan fingerprint density at radius 2 is 2.06 bits per heavy atom. The van der Waals surface area contributed by atoms with E-state index < -0.39 is 27.0 Å². The van der Waals surface area contributed by atoms with Crippen LogP contribution in [0.1, 0.15) is 33.1 Å². The second-order valence-electron chi connectivity index (χ2n) is 4.71. The van der Waals surface area contributed by atoms with Crippen molar-refractivity contribution < 1.29 is 13.2 Å². The molecule has 96 valence electrons. The van der Waals surface area contributed by atoms with Gasteiger partial charge in [-0.15, -0.1) is 0 Å². The number of hydrogen-bond acceptors (Lipinski definition) is 4. The molecular formula is C11H18N2O3S. The SMILES string of the molecule is CC(C)C(C#N)NC(=O)C1CCCCS1(=O)=O. The third-order valence-corrected chi connectivity index (χ3v) is 5.15. The average Bonchev–Trinajstić information content (AvgIpc) is 2.24. The van der Waals surface area contributed by atoms with Crippen molar-refractivity contribution in [2.24, 2.45) is 5.92 Å². The minimum atomic E-state index is -3.32. The lowest BCUT2D eigenvalue weighted by atomic mass is 10.1. The van der Waals surface area contributed by atoms with Gasteiger partial charge in [0.25, 0.3) is 0 Å². The van der Waals surface area contributed by atoms with Gasteiger partial charge in [-0.3, -0.25) is 4.79 Å². The third-order valence-electron chi connectivity index (χ3n) is 2.97. The molecule has 1 N–H and O–H groups in total. The Kier molecular flexibility index (Phi) is 4.52. The molecule has 0 aliphatic carbocycles. The van der Waals surface area contributed by atoms with Crippen molar-refractivity contribution in [3.05, 3.63) is 0 Å². The first kappa shape index (κ1) is 14.0. The largest absolute Gasteiger partial charge is 0.339 e. The fraction of sp³-hybridized carbons (Fsp3) is 0.818. The number of rotatable bonds is 3. The van der Waals surface area contributed by atoms with E-state index in [4.69, 9.17) is 5.26 Å². The smallest absolute Gasteiger partial charge is 0.239 e. The van der Waals surface area contributed by atoms with Crippen LogP contribution < -0.4 is 5.32 Å². The predicted octanol–water partition coefficient (Wildman–Crippen LogP) is 0.618. The van der Waals surface area contributed by atoms with Crippen LogP contribution in [0.4, 0.5) is 0 Å². The first-order valence-electron chi connectivity index (χ1n) is 5.80. The van der Waals surface area contributed by atoms with E-state index in [1.165, 1.54) is 0 Å². The van der Waals surface area contributed by atoms with Crippen molar-refractivity contribution in [1.29, 1.82) is 5.26 Å². The molecule has 6 heteroatoms. The second-order valence-corrected chi connectivity index (χ2v) is 7.01. The monoisotopic (exact) mass is 258 g/mol. The molecule has 0 saturated carbocycles. The van der Waals surface area contributed by atoms with Gasteiger partial charge < -0.3 is 5.32 Å². The van der Waals surface area contributed by atoms with Crippen LogP contribution in [0.3, 0.4) is 0 Å². The highest BCUT2D eigenvalue weighted by atomic mass is 32.2. The topological polar surface area (TPSA) is 87.0 Å². The molecule has 0 aromatic heterocycles. The fourth-order valence-electron chi connectivity index (χ4n) is 1.84. The zero-order chi connectivity index (χ0) is 13.1. The molecule has 1 aliphatic rings. The summed E-state index contributed by atoms with van der Waals surface area (Å²) in [5.74, 6) is -0.482. The number of nitriles is 1. The number of amides is 1. The summed E-state index contributed by atoms with van der Waals surface area (Å²) in [7, 11) is -3.32. The van der Waals surface area contributed by atoms with Crippen molar-refractivity contribution in [3.8, 4) is 6.07 Å². The standard InChI is InChI=1S/C11H18N2O3S/c1-8(2)9(7-12)13-11(14)10-5-3-4-6-17(10,15)16/h8-10H,3-6H2,1-2H3,(H,13,14). The molecule has 1 heterocycles. The molecule has 0 aromatic carbocycles. The molecule has 0 bridgehead atoms. The molecule has 0 radical (unpaired) electrons. The van der Waals surface area contributed by atoms with Gasteiger partial charge in [0, 0.05) is 0 Å². The van der Waals surface area contributed by atoms with E-state index in [-0.39, 0.29) is 11.7 Å². The van der Waals surface area contributed by atoms with Crippen molar-refractivity contribution in [1.82, 2.24) is 5.32 Å². The van der Waals surface area contributed by atoms with Crippen molar-refractivity contribution in [2.75, 3.05) is 5.75 Å². The van der Waals surface area contributed by atoms with Crippen LogP contribution >= 0.6 is 0 Å². The molecule has 2 atom stereocenters. The lowest BCUT2D eigenvalue weighted by molar-refractivity contribution is -0.121. The summed E-state index contributed by atoms with van der Waals surface area (Å²) in [5.41, 5.74) is 0. The summed E-state index contributed by atoms with van der Waals surface area (Å²) in [6, 6.07) is 1.35. The van der Waals surface area contributed by atoms with E-state index >= 15 is 0 Å². The zero-order valence-corrected chi connectivity index (χ0v) is 11.0. The minimum Gasteiger partial charge on any atom is -0.339 e. The summed E-state index contributed by atoms with van der Waals surface area (Å²) in [6.45, 7) is 3.62. The van der Waals surface area contributed by atoms with Gasteiger partial charge >= 0.3 is 0 Å². The lowest BCUT2D eigenvalue weighted by Crippen LogP contribution is -2.47. The number of nitrogens with zero attached hydrogens (tertiary/aromatic N) is 1. The van der Waals surface area contributed by atoms with E-state index in [0.29, 0.717) is 12.8 Å². The number of carbonyl (C=O) groups is 1. The van der Waals surface area contributed by atoms with Crippen LogP contribution in [-0.2, 0) is 14.6 Å². The maximum Gasteiger partial charge on any atom is 0.239 e. The minimum absolute atomic E-state index is 0.0322. The Hall–Kier alpha value is -1.09. The summed E-state index contributed by atoms with van der Waals surface area (Å²) in [4.78, 5) is 11.8. The quantitative estimate of drug-likeness (QED) is 0.803. The highest BCUT2D eigenvalue weighted by Gasteiger charge is 2.35. The molecule has 1 fully saturated rings. The highest BCUT2D eigenvalue weighted by molar-refractivity contribution is 7.92. The van der Waals surface area contributed by atoms with Crippen LogP contribution in [0.25, 0.3) is 0 Å². The summed E-state index contributed by atoms with van der Waals surface area (Å²) in [5, 5.41) is 10.4. The Labute approximate surface area is 102 Å². The molecule has 1 rings (SSSR count). The van der Waals surface area contributed by atoms with E-state index in [1.54, 1.807) is 0 Å². The molecule has 5 nitrogen and oxygen atoms in total. The Morgan fingerprint density at radius 1 is 1.41 bits per heavy atom. The molecule has 1 saturated heterocycles. The normalized spacial score (nSPS) is 24.9. The number of hydrogen-bond donors (Lipinski definition) is 1. The van der Waals surface area contributed by atoms with E-state index in [2.05, 4.69) is 5.32 Å². The van der Waals surface area contributed by atoms with Crippen LogP contribution in [-0.4, -0.2) is 31.4 Å².